The quantitative estimate of drug-likeness (QED) is 0.179. The van der Waals surface area contributed by atoms with Crippen molar-refractivity contribution < 1.29 is 0 Å². The van der Waals surface area contributed by atoms with E-state index < -0.39 is 0 Å². The third-order valence-electron chi connectivity index (χ3n) is 12.5. The van der Waals surface area contributed by atoms with Gasteiger partial charge in [0.1, 0.15) is 0 Å². The smallest absolute Gasteiger partial charge is 0.0159 e. The van der Waals surface area contributed by atoms with Crippen LogP contribution >= 0.6 is 0 Å². The molecule has 6 aromatic rings. The van der Waals surface area contributed by atoms with Crippen LogP contribution in [-0.4, -0.2) is 0 Å². The zero-order chi connectivity index (χ0) is 33.8. The molecular formula is C51H38. The SMILES string of the molecule is CC1(C)c2ccccc2-c2ccc(-c3ccc4ccc(C5=CC6C=CC(c7ccc8c9c(cccc79)C7C=CC=CC87)=CC6C=C5)cc4c3)cc21. The van der Waals surface area contributed by atoms with Gasteiger partial charge in [0.2, 0.25) is 0 Å². The Morgan fingerprint density at radius 2 is 1.12 bits per heavy atom. The molecule has 0 amide bonds. The van der Waals surface area contributed by atoms with Crippen LogP contribution in [0.1, 0.15) is 59.1 Å². The lowest BCUT2D eigenvalue weighted by Gasteiger charge is -2.26. The van der Waals surface area contributed by atoms with Gasteiger partial charge in [0.15, 0.2) is 0 Å². The molecule has 0 saturated carbocycles. The molecule has 0 aliphatic heterocycles. The normalized spacial score (nSPS) is 22.8. The Hall–Kier alpha value is -5.72. The van der Waals surface area contributed by atoms with E-state index in [2.05, 4.69) is 184 Å². The zero-order valence-electron chi connectivity index (χ0n) is 29.0. The van der Waals surface area contributed by atoms with Crippen molar-refractivity contribution in [2.24, 2.45) is 11.8 Å². The highest BCUT2D eigenvalue weighted by molar-refractivity contribution is 6.02. The summed E-state index contributed by atoms with van der Waals surface area (Å²) in [4.78, 5) is 0. The van der Waals surface area contributed by atoms with Crippen LogP contribution in [0, 0.1) is 11.8 Å². The summed E-state index contributed by atoms with van der Waals surface area (Å²) < 4.78 is 0. The van der Waals surface area contributed by atoms with Crippen molar-refractivity contribution >= 4 is 32.7 Å². The molecule has 0 saturated heterocycles. The lowest BCUT2D eigenvalue weighted by Crippen LogP contribution is -2.14. The molecule has 0 heteroatoms. The summed E-state index contributed by atoms with van der Waals surface area (Å²) in [5.74, 6) is 1.62. The Morgan fingerprint density at radius 3 is 1.96 bits per heavy atom. The van der Waals surface area contributed by atoms with Crippen LogP contribution in [0.25, 0.3) is 54.9 Å². The molecule has 242 valence electrons. The Morgan fingerprint density at radius 1 is 0.471 bits per heavy atom. The molecule has 6 aromatic carbocycles. The predicted octanol–water partition coefficient (Wildman–Crippen LogP) is 13.1. The minimum absolute atomic E-state index is 0.00308. The van der Waals surface area contributed by atoms with E-state index in [9.17, 15) is 0 Å². The molecule has 0 fully saturated rings. The van der Waals surface area contributed by atoms with E-state index in [-0.39, 0.29) is 5.41 Å². The van der Waals surface area contributed by atoms with Crippen LogP contribution in [0.3, 0.4) is 0 Å². The van der Waals surface area contributed by atoms with Crippen LogP contribution in [0.2, 0.25) is 0 Å². The summed E-state index contributed by atoms with van der Waals surface area (Å²) in [6.45, 7) is 4.72. The fraction of sp³-hybridized carbons (Fsp3) is 0.137. The first-order valence-electron chi connectivity index (χ1n) is 18.5. The largest absolute Gasteiger partial charge is 0.0761 e. The lowest BCUT2D eigenvalue weighted by molar-refractivity contribution is 0.660. The minimum atomic E-state index is -0.00308. The molecule has 4 atom stereocenters. The van der Waals surface area contributed by atoms with Crippen LogP contribution in [0.5, 0.6) is 0 Å². The summed E-state index contributed by atoms with van der Waals surface area (Å²) in [6.07, 6.45) is 23.7. The summed E-state index contributed by atoms with van der Waals surface area (Å²) in [6, 6.07) is 41.5. The molecule has 0 N–H and O–H groups in total. The molecule has 5 aliphatic rings. The number of allylic oxidation sites excluding steroid dienone is 12. The topological polar surface area (TPSA) is 0 Å². The van der Waals surface area contributed by atoms with E-state index >= 15 is 0 Å². The highest BCUT2D eigenvalue weighted by Gasteiger charge is 2.36. The van der Waals surface area contributed by atoms with E-state index in [1.807, 2.05) is 0 Å². The van der Waals surface area contributed by atoms with Gasteiger partial charge in [-0.2, -0.15) is 0 Å². The van der Waals surface area contributed by atoms with E-state index in [1.165, 1.54) is 88.3 Å². The Bertz CT molecular complexity index is 2660. The van der Waals surface area contributed by atoms with Crippen LogP contribution < -0.4 is 0 Å². The molecule has 11 rings (SSSR count). The van der Waals surface area contributed by atoms with Crippen molar-refractivity contribution in [2.45, 2.75) is 31.1 Å². The maximum absolute atomic E-state index is 2.49. The maximum atomic E-state index is 2.49. The van der Waals surface area contributed by atoms with Gasteiger partial charge in [-0.1, -0.05) is 166 Å². The van der Waals surface area contributed by atoms with Crippen LogP contribution in [-0.2, 0) is 5.41 Å². The van der Waals surface area contributed by atoms with Gasteiger partial charge < -0.3 is 0 Å². The Balaban J connectivity index is 0.893. The minimum Gasteiger partial charge on any atom is -0.0761 e. The molecule has 0 bridgehead atoms. The first-order valence-corrected chi connectivity index (χ1v) is 18.5. The highest BCUT2D eigenvalue weighted by atomic mass is 14.4. The van der Waals surface area contributed by atoms with Gasteiger partial charge in [0.05, 0.1) is 0 Å². The summed E-state index contributed by atoms with van der Waals surface area (Å²) in [5.41, 5.74) is 16.3. The highest BCUT2D eigenvalue weighted by Crippen LogP contribution is 2.52. The van der Waals surface area contributed by atoms with E-state index in [0.717, 1.165) is 0 Å². The third-order valence-corrected chi connectivity index (χ3v) is 12.5. The molecule has 0 aromatic heterocycles. The molecule has 0 spiro atoms. The number of benzene rings is 6. The van der Waals surface area contributed by atoms with Crippen molar-refractivity contribution in [3.63, 3.8) is 0 Å². The fourth-order valence-electron chi connectivity index (χ4n) is 9.88. The van der Waals surface area contributed by atoms with Crippen molar-refractivity contribution in [2.75, 3.05) is 0 Å². The Kier molecular flexibility index (Phi) is 6.06. The summed E-state index contributed by atoms with van der Waals surface area (Å²) in [7, 11) is 0. The number of fused-ring (bicyclic) bond motifs is 8. The second-order valence-corrected chi connectivity index (χ2v) is 15.6. The predicted molar refractivity (Wildman–Crippen MR) is 216 cm³/mol. The monoisotopic (exact) mass is 650 g/mol. The molecular weight excluding hydrogens is 613 g/mol. The molecule has 5 aliphatic carbocycles. The number of hydrogen-bond acceptors (Lipinski definition) is 0. The van der Waals surface area contributed by atoms with Gasteiger partial charge in [0.25, 0.3) is 0 Å². The molecule has 0 radical (unpaired) electrons. The first kappa shape index (κ1) is 29.1. The summed E-state index contributed by atoms with van der Waals surface area (Å²) in [5, 5.41) is 5.40. The van der Waals surface area contributed by atoms with E-state index in [0.29, 0.717) is 23.7 Å². The first-order chi connectivity index (χ1) is 25.0. The van der Waals surface area contributed by atoms with Crippen molar-refractivity contribution in [3.05, 3.63) is 203 Å². The van der Waals surface area contributed by atoms with Gasteiger partial charge in [-0.05, 0) is 107 Å². The maximum Gasteiger partial charge on any atom is 0.0159 e. The van der Waals surface area contributed by atoms with Gasteiger partial charge in [-0.3, -0.25) is 0 Å². The Labute approximate surface area is 300 Å². The van der Waals surface area contributed by atoms with Gasteiger partial charge >= 0.3 is 0 Å². The average molecular weight is 651 g/mol. The third kappa shape index (κ3) is 4.26. The van der Waals surface area contributed by atoms with Gasteiger partial charge in [-0.25, -0.2) is 0 Å². The van der Waals surface area contributed by atoms with Crippen LogP contribution in [0.15, 0.2) is 170 Å². The van der Waals surface area contributed by atoms with Gasteiger partial charge in [0, 0.05) is 29.1 Å². The van der Waals surface area contributed by atoms with Gasteiger partial charge in [-0.15, -0.1) is 0 Å². The second kappa shape index (κ2) is 10.6. The molecule has 4 unspecified atom stereocenters. The van der Waals surface area contributed by atoms with Crippen molar-refractivity contribution in [1.82, 2.24) is 0 Å². The van der Waals surface area contributed by atoms with E-state index in [4.69, 9.17) is 0 Å². The lowest BCUT2D eigenvalue weighted by atomic mass is 9.78. The second-order valence-electron chi connectivity index (χ2n) is 15.6. The molecule has 0 nitrogen and oxygen atoms in total. The number of rotatable bonds is 3. The number of hydrogen-bond donors (Lipinski definition) is 0. The average Bonchev–Trinajstić information content (AvgIpc) is 3.63. The fourth-order valence-corrected chi connectivity index (χ4v) is 9.88. The zero-order valence-corrected chi connectivity index (χ0v) is 29.0. The standard InChI is InChI=1S/C51H38/c1-51(2)48-13-6-5-10-43(48)44-23-22-37(30-49(44)51)36-17-15-31-14-16-35(28-39(31)29-36)32-18-19-34-27-38(21-20-33(34)26-32)40-24-25-47-42-9-4-3-8-41(42)46-12-7-11-45(40)50(46)47/h3-30,33-34,41-42H,1-2H3. The molecule has 51 heavy (non-hydrogen) atoms. The van der Waals surface area contributed by atoms with Crippen molar-refractivity contribution in [3.8, 4) is 22.3 Å². The molecule has 0 heterocycles. The van der Waals surface area contributed by atoms with E-state index in [1.54, 1.807) is 0 Å². The summed E-state index contributed by atoms with van der Waals surface area (Å²) >= 11 is 0. The van der Waals surface area contributed by atoms with Crippen LogP contribution in [0.4, 0.5) is 0 Å². The van der Waals surface area contributed by atoms with Crippen molar-refractivity contribution in [1.29, 1.82) is 0 Å².